The molecule has 7 heteroatoms. The highest BCUT2D eigenvalue weighted by Crippen LogP contribution is 2.36. The van der Waals surface area contributed by atoms with Crippen molar-refractivity contribution in [3.05, 3.63) is 52.8 Å². The third kappa shape index (κ3) is 3.89. The summed E-state index contributed by atoms with van der Waals surface area (Å²) in [5.41, 5.74) is -0.713. The molecule has 0 saturated carbocycles. The van der Waals surface area contributed by atoms with Gasteiger partial charge >= 0.3 is 6.18 Å². The second kappa shape index (κ2) is 5.95. The van der Waals surface area contributed by atoms with Gasteiger partial charge in [-0.3, -0.25) is 4.79 Å². The van der Waals surface area contributed by atoms with Crippen molar-refractivity contribution in [2.75, 3.05) is 0 Å². The predicted octanol–water partition coefficient (Wildman–Crippen LogP) is 5.40. The number of benzene rings is 1. The summed E-state index contributed by atoms with van der Waals surface area (Å²) in [7, 11) is 0. The highest BCUT2D eigenvalue weighted by atomic mass is 35.5. The van der Waals surface area contributed by atoms with Crippen LogP contribution in [0.15, 0.2) is 40.8 Å². The molecule has 0 amide bonds. The van der Waals surface area contributed by atoms with Crippen LogP contribution in [0.4, 0.5) is 13.2 Å². The van der Waals surface area contributed by atoms with Crippen LogP contribution >= 0.6 is 23.2 Å². The second-order valence-electron chi connectivity index (χ2n) is 4.03. The summed E-state index contributed by atoms with van der Waals surface area (Å²) >= 11 is 11.0. The molecule has 1 heterocycles. The summed E-state index contributed by atoms with van der Waals surface area (Å²) in [5.74, 6) is 0.431. The molecule has 0 radical (unpaired) electrons. The molecule has 2 aromatic rings. The summed E-state index contributed by atoms with van der Waals surface area (Å²) in [4.78, 5) is 10.6. The average Bonchev–Trinajstić information content (AvgIpc) is 2.84. The van der Waals surface area contributed by atoms with Gasteiger partial charge in [0, 0.05) is 11.6 Å². The van der Waals surface area contributed by atoms with E-state index in [1.54, 1.807) is 0 Å². The number of allylic oxidation sites excluding steroid dienone is 1. The molecule has 0 aliphatic heterocycles. The van der Waals surface area contributed by atoms with Gasteiger partial charge in [-0.05, 0) is 48.0 Å². The molecule has 0 aliphatic carbocycles. The molecule has 1 aromatic heterocycles. The Bertz CT molecular complexity index is 702. The minimum absolute atomic E-state index is 0.114. The topological polar surface area (TPSA) is 30.2 Å². The van der Waals surface area contributed by atoms with E-state index in [1.807, 2.05) is 0 Å². The standard InChI is InChI=1S/C14H7Cl2F3O2/c15-11-4-1-8(14(17,18)19)7-10(11)12-5-2-9(21-12)3-6-13(16)20/h1-7H/b6-3+. The van der Waals surface area contributed by atoms with Crippen LogP contribution in [0.3, 0.4) is 0 Å². The number of furan rings is 1. The number of rotatable bonds is 3. The van der Waals surface area contributed by atoms with Gasteiger partial charge in [-0.25, -0.2) is 0 Å². The fourth-order valence-electron chi connectivity index (χ4n) is 1.63. The Labute approximate surface area is 127 Å². The van der Waals surface area contributed by atoms with E-state index in [4.69, 9.17) is 27.6 Å². The highest BCUT2D eigenvalue weighted by Gasteiger charge is 2.31. The van der Waals surface area contributed by atoms with Crippen molar-refractivity contribution >= 4 is 34.5 Å². The van der Waals surface area contributed by atoms with E-state index in [2.05, 4.69) is 0 Å². The van der Waals surface area contributed by atoms with E-state index in [-0.39, 0.29) is 22.1 Å². The van der Waals surface area contributed by atoms with Crippen LogP contribution in [0.1, 0.15) is 11.3 Å². The number of hydrogen-bond acceptors (Lipinski definition) is 2. The zero-order chi connectivity index (χ0) is 15.6. The number of alkyl halides is 3. The molecule has 0 saturated heterocycles. The van der Waals surface area contributed by atoms with Crippen LogP contribution in [0.25, 0.3) is 17.4 Å². The van der Waals surface area contributed by atoms with Crippen LogP contribution in [0, 0.1) is 0 Å². The van der Waals surface area contributed by atoms with Crippen molar-refractivity contribution in [1.82, 2.24) is 0 Å². The van der Waals surface area contributed by atoms with Crippen molar-refractivity contribution in [3.8, 4) is 11.3 Å². The first kappa shape index (κ1) is 15.7. The Balaban J connectivity index is 2.40. The molecule has 0 spiro atoms. The lowest BCUT2D eigenvalue weighted by atomic mass is 10.1. The van der Waals surface area contributed by atoms with Gasteiger partial charge in [0.05, 0.1) is 10.6 Å². The van der Waals surface area contributed by atoms with E-state index in [0.29, 0.717) is 0 Å². The normalized spacial score (nSPS) is 12.0. The van der Waals surface area contributed by atoms with Crippen LogP contribution in [0.5, 0.6) is 0 Å². The van der Waals surface area contributed by atoms with Gasteiger partial charge in [-0.15, -0.1) is 0 Å². The molecule has 0 unspecified atom stereocenters. The summed E-state index contributed by atoms with van der Waals surface area (Å²) in [6, 6.07) is 5.89. The van der Waals surface area contributed by atoms with Gasteiger partial charge in [0.15, 0.2) is 0 Å². The molecule has 1 aromatic carbocycles. The zero-order valence-electron chi connectivity index (χ0n) is 10.2. The van der Waals surface area contributed by atoms with Crippen molar-refractivity contribution in [1.29, 1.82) is 0 Å². The number of hydrogen-bond donors (Lipinski definition) is 0. The number of halogens is 5. The van der Waals surface area contributed by atoms with E-state index in [0.717, 1.165) is 24.3 Å². The Morgan fingerprint density at radius 2 is 1.90 bits per heavy atom. The van der Waals surface area contributed by atoms with E-state index in [1.165, 1.54) is 18.2 Å². The third-order valence-electron chi connectivity index (χ3n) is 2.56. The van der Waals surface area contributed by atoms with Gasteiger partial charge < -0.3 is 4.42 Å². The molecule has 2 rings (SSSR count). The Morgan fingerprint density at radius 1 is 1.19 bits per heavy atom. The molecular weight excluding hydrogens is 328 g/mol. The van der Waals surface area contributed by atoms with Gasteiger partial charge in [-0.1, -0.05) is 11.6 Å². The largest absolute Gasteiger partial charge is 0.457 e. The minimum Gasteiger partial charge on any atom is -0.457 e. The van der Waals surface area contributed by atoms with Crippen LogP contribution in [-0.4, -0.2) is 5.24 Å². The molecule has 0 N–H and O–H groups in total. The maximum atomic E-state index is 12.7. The van der Waals surface area contributed by atoms with Gasteiger partial charge in [0.1, 0.15) is 11.5 Å². The SMILES string of the molecule is O=C(Cl)/C=C/c1ccc(-c2cc(C(F)(F)F)ccc2Cl)o1. The van der Waals surface area contributed by atoms with Gasteiger partial charge in [-0.2, -0.15) is 13.2 Å². The highest BCUT2D eigenvalue weighted by molar-refractivity contribution is 6.66. The summed E-state index contributed by atoms with van der Waals surface area (Å²) in [6.45, 7) is 0. The van der Waals surface area contributed by atoms with Crippen molar-refractivity contribution in [3.63, 3.8) is 0 Å². The molecular formula is C14H7Cl2F3O2. The quantitative estimate of drug-likeness (QED) is 0.555. The van der Waals surface area contributed by atoms with Crippen molar-refractivity contribution in [2.45, 2.75) is 6.18 Å². The molecule has 110 valence electrons. The molecule has 0 fully saturated rings. The smallest absolute Gasteiger partial charge is 0.416 e. The Hall–Kier alpha value is -1.72. The monoisotopic (exact) mass is 334 g/mol. The van der Waals surface area contributed by atoms with Crippen LogP contribution < -0.4 is 0 Å². The fraction of sp³-hybridized carbons (Fsp3) is 0.0714. The van der Waals surface area contributed by atoms with Crippen LogP contribution in [0.2, 0.25) is 5.02 Å². The van der Waals surface area contributed by atoms with Crippen molar-refractivity contribution < 1.29 is 22.4 Å². The summed E-state index contributed by atoms with van der Waals surface area (Å²) in [6.07, 6.45) is -2.10. The molecule has 2 nitrogen and oxygen atoms in total. The van der Waals surface area contributed by atoms with E-state index < -0.39 is 17.0 Å². The van der Waals surface area contributed by atoms with Gasteiger partial charge in [0.25, 0.3) is 0 Å². The van der Waals surface area contributed by atoms with Crippen LogP contribution in [-0.2, 0) is 11.0 Å². The second-order valence-corrected chi connectivity index (χ2v) is 4.81. The maximum absolute atomic E-state index is 12.7. The molecule has 21 heavy (non-hydrogen) atoms. The molecule has 0 atom stereocenters. The van der Waals surface area contributed by atoms with Gasteiger partial charge in [0.2, 0.25) is 5.24 Å². The lowest BCUT2D eigenvalue weighted by Crippen LogP contribution is -2.04. The molecule has 0 aliphatic rings. The zero-order valence-corrected chi connectivity index (χ0v) is 11.8. The minimum atomic E-state index is -4.47. The number of carbonyl (C=O) groups is 1. The Kier molecular flexibility index (Phi) is 4.44. The van der Waals surface area contributed by atoms with E-state index >= 15 is 0 Å². The molecule has 0 bridgehead atoms. The third-order valence-corrected chi connectivity index (χ3v) is 3.02. The Morgan fingerprint density at radius 3 is 2.52 bits per heavy atom. The lowest BCUT2D eigenvalue weighted by molar-refractivity contribution is -0.137. The lowest BCUT2D eigenvalue weighted by Gasteiger charge is -2.09. The number of carbonyl (C=O) groups excluding carboxylic acids is 1. The summed E-state index contributed by atoms with van der Waals surface area (Å²) in [5, 5.41) is -0.564. The van der Waals surface area contributed by atoms with E-state index in [9.17, 15) is 18.0 Å². The maximum Gasteiger partial charge on any atom is 0.416 e. The average molecular weight is 335 g/mol. The first-order valence-corrected chi connectivity index (χ1v) is 6.37. The predicted molar refractivity (Wildman–Crippen MR) is 74.0 cm³/mol. The first-order valence-electron chi connectivity index (χ1n) is 5.62. The first-order chi connectivity index (χ1) is 9.77. The summed E-state index contributed by atoms with van der Waals surface area (Å²) < 4.78 is 43.4. The fourth-order valence-corrected chi connectivity index (χ4v) is 1.90. The van der Waals surface area contributed by atoms with Crippen molar-refractivity contribution in [2.24, 2.45) is 0 Å².